The number of fused-ring (bicyclic) bond motifs is 1. The van der Waals surface area contributed by atoms with E-state index < -0.39 is 4.92 Å². The maximum Gasteiger partial charge on any atom is 0.372 e. The predicted octanol–water partition coefficient (Wildman–Crippen LogP) is 3.15. The van der Waals surface area contributed by atoms with Gasteiger partial charge in [0.15, 0.2) is 0 Å². The van der Waals surface area contributed by atoms with Gasteiger partial charge in [-0.3, -0.25) is 4.90 Å². The van der Waals surface area contributed by atoms with E-state index in [1.54, 1.807) is 17.8 Å². The average Bonchev–Trinajstić information content (AvgIpc) is 3.33. The van der Waals surface area contributed by atoms with E-state index in [2.05, 4.69) is 15.2 Å². The van der Waals surface area contributed by atoms with Gasteiger partial charge in [0.25, 0.3) is 4.96 Å². The third-order valence-electron chi connectivity index (χ3n) is 4.33. The van der Waals surface area contributed by atoms with Crippen molar-refractivity contribution in [2.75, 3.05) is 25.0 Å². The molecule has 1 unspecified atom stereocenters. The third kappa shape index (κ3) is 2.65. The SMILES string of the molecule is O=[N+]([O-])c1c(NCC(c2ccco2)N2CCCC2)nc2sccn12. The van der Waals surface area contributed by atoms with Gasteiger partial charge in [-0.05, 0) is 43.0 Å². The molecule has 0 spiro atoms. The molecule has 4 rings (SSSR count). The van der Waals surface area contributed by atoms with Crippen LogP contribution in [0.3, 0.4) is 0 Å². The van der Waals surface area contributed by atoms with Crippen LogP contribution in [0.5, 0.6) is 0 Å². The van der Waals surface area contributed by atoms with Crippen molar-refractivity contribution in [2.45, 2.75) is 18.9 Å². The van der Waals surface area contributed by atoms with Crippen LogP contribution < -0.4 is 5.32 Å². The number of hydrogen-bond donors (Lipinski definition) is 1. The predicted molar refractivity (Wildman–Crippen MR) is 90.5 cm³/mol. The number of anilines is 1. The normalized spacial score (nSPS) is 16.7. The molecule has 0 aromatic carbocycles. The van der Waals surface area contributed by atoms with Crippen molar-refractivity contribution in [3.8, 4) is 0 Å². The number of imidazole rings is 1. The molecule has 1 saturated heterocycles. The van der Waals surface area contributed by atoms with E-state index in [-0.39, 0.29) is 11.9 Å². The Morgan fingerprint density at radius 2 is 2.29 bits per heavy atom. The maximum absolute atomic E-state index is 11.4. The molecule has 0 radical (unpaired) electrons. The lowest BCUT2D eigenvalue weighted by Gasteiger charge is -2.25. The Hall–Kier alpha value is -2.39. The molecular weight excluding hydrogens is 330 g/mol. The molecule has 0 bridgehead atoms. The van der Waals surface area contributed by atoms with Crippen molar-refractivity contribution < 1.29 is 9.34 Å². The van der Waals surface area contributed by atoms with Crippen LogP contribution in [0.15, 0.2) is 34.4 Å². The summed E-state index contributed by atoms with van der Waals surface area (Å²) in [6.07, 6.45) is 5.66. The molecular formula is C15H17N5O3S. The topological polar surface area (TPSA) is 88.8 Å². The van der Waals surface area contributed by atoms with Crippen molar-refractivity contribution >= 4 is 27.9 Å². The first kappa shape index (κ1) is 15.2. The lowest BCUT2D eigenvalue weighted by Crippen LogP contribution is -2.30. The second-order valence-corrected chi connectivity index (χ2v) is 6.62. The minimum atomic E-state index is -0.396. The average molecular weight is 347 g/mol. The van der Waals surface area contributed by atoms with Crippen LogP contribution in [0.4, 0.5) is 11.6 Å². The highest BCUT2D eigenvalue weighted by molar-refractivity contribution is 7.15. The van der Waals surface area contributed by atoms with Gasteiger partial charge in [0, 0.05) is 11.9 Å². The van der Waals surface area contributed by atoms with E-state index in [1.165, 1.54) is 15.7 Å². The van der Waals surface area contributed by atoms with Gasteiger partial charge in [-0.25, -0.2) is 0 Å². The van der Waals surface area contributed by atoms with Gasteiger partial charge in [-0.2, -0.15) is 9.38 Å². The number of hydrogen-bond acceptors (Lipinski definition) is 7. The zero-order valence-corrected chi connectivity index (χ0v) is 13.7. The molecule has 0 amide bonds. The molecule has 0 aliphatic carbocycles. The van der Waals surface area contributed by atoms with Gasteiger partial charge >= 0.3 is 5.82 Å². The summed E-state index contributed by atoms with van der Waals surface area (Å²) >= 11 is 1.38. The zero-order valence-electron chi connectivity index (χ0n) is 12.9. The Morgan fingerprint density at radius 3 is 3.00 bits per heavy atom. The summed E-state index contributed by atoms with van der Waals surface area (Å²) in [6, 6.07) is 3.86. The molecule has 24 heavy (non-hydrogen) atoms. The highest BCUT2D eigenvalue weighted by atomic mass is 32.1. The highest BCUT2D eigenvalue weighted by Gasteiger charge is 2.28. The van der Waals surface area contributed by atoms with Gasteiger partial charge in [0.1, 0.15) is 12.0 Å². The highest BCUT2D eigenvalue weighted by Crippen LogP contribution is 2.30. The Morgan fingerprint density at radius 1 is 1.46 bits per heavy atom. The first-order valence-electron chi connectivity index (χ1n) is 7.85. The zero-order chi connectivity index (χ0) is 16.5. The number of likely N-dealkylation sites (tertiary alicyclic amines) is 1. The van der Waals surface area contributed by atoms with E-state index in [4.69, 9.17) is 4.42 Å². The van der Waals surface area contributed by atoms with Gasteiger partial charge in [0.2, 0.25) is 5.82 Å². The number of furan rings is 1. The summed E-state index contributed by atoms with van der Waals surface area (Å²) in [5.74, 6) is 1.15. The van der Waals surface area contributed by atoms with Crippen LogP contribution in [0.2, 0.25) is 0 Å². The van der Waals surface area contributed by atoms with Crippen LogP contribution in [-0.4, -0.2) is 38.8 Å². The molecule has 4 heterocycles. The maximum atomic E-state index is 11.4. The minimum Gasteiger partial charge on any atom is -0.468 e. The molecule has 8 nitrogen and oxygen atoms in total. The summed E-state index contributed by atoms with van der Waals surface area (Å²) in [5, 5.41) is 16.4. The fourth-order valence-corrected chi connectivity index (χ4v) is 3.91. The van der Waals surface area contributed by atoms with Crippen molar-refractivity contribution in [1.29, 1.82) is 0 Å². The van der Waals surface area contributed by atoms with Crippen molar-refractivity contribution in [1.82, 2.24) is 14.3 Å². The second kappa shape index (κ2) is 6.25. The van der Waals surface area contributed by atoms with E-state index >= 15 is 0 Å². The summed E-state index contributed by atoms with van der Waals surface area (Å²) in [6.45, 7) is 2.53. The summed E-state index contributed by atoms with van der Waals surface area (Å²) in [7, 11) is 0. The Bertz CT molecular complexity index is 835. The molecule has 1 aliphatic heterocycles. The number of rotatable bonds is 6. The van der Waals surface area contributed by atoms with Crippen LogP contribution >= 0.6 is 11.3 Å². The Labute approximate surface area is 141 Å². The fraction of sp³-hybridized carbons (Fsp3) is 0.400. The quantitative estimate of drug-likeness (QED) is 0.544. The van der Waals surface area contributed by atoms with Crippen molar-refractivity contribution in [3.05, 3.63) is 45.8 Å². The minimum absolute atomic E-state index is 0.0223. The van der Waals surface area contributed by atoms with E-state index in [0.717, 1.165) is 31.7 Å². The molecule has 0 saturated carbocycles. The second-order valence-electron chi connectivity index (χ2n) is 5.75. The molecule has 9 heteroatoms. The van der Waals surface area contributed by atoms with Crippen LogP contribution in [-0.2, 0) is 0 Å². The Balaban J connectivity index is 1.59. The third-order valence-corrected chi connectivity index (χ3v) is 5.08. The lowest BCUT2D eigenvalue weighted by atomic mass is 10.2. The first-order chi connectivity index (χ1) is 11.7. The number of nitrogens with one attached hydrogen (secondary N) is 1. The van der Waals surface area contributed by atoms with Gasteiger partial charge < -0.3 is 19.8 Å². The van der Waals surface area contributed by atoms with Gasteiger partial charge in [-0.15, -0.1) is 0 Å². The molecule has 1 N–H and O–H groups in total. The molecule has 1 atom stereocenters. The smallest absolute Gasteiger partial charge is 0.372 e. The number of nitrogens with zero attached hydrogens (tertiary/aromatic N) is 4. The number of nitro groups is 1. The Kier molecular flexibility index (Phi) is 3.95. The summed E-state index contributed by atoms with van der Waals surface area (Å²) in [5.41, 5.74) is 0. The van der Waals surface area contributed by atoms with Crippen molar-refractivity contribution in [2.24, 2.45) is 0 Å². The molecule has 3 aromatic rings. The molecule has 126 valence electrons. The summed E-state index contributed by atoms with van der Waals surface area (Å²) < 4.78 is 7.08. The van der Waals surface area contributed by atoms with Crippen LogP contribution in [0, 0.1) is 10.1 Å². The van der Waals surface area contributed by atoms with Crippen molar-refractivity contribution in [3.63, 3.8) is 0 Å². The van der Waals surface area contributed by atoms with Gasteiger partial charge in [0.05, 0.1) is 12.3 Å². The van der Waals surface area contributed by atoms with E-state index in [9.17, 15) is 10.1 Å². The standard InChI is InChI=1S/C15H17N5O3S/c21-20(22)14-13(17-15-19(14)7-9-24-15)16-10-11(12-4-3-8-23-12)18-5-1-2-6-18/h3-4,7-9,11,16H,1-2,5-6,10H2. The van der Waals surface area contributed by atoms with Crippen LogP contribution in [0.25, 0.3) is 4.96 Å². The monoisotopic (exact) mass is 347 g/mol. The molecule has 1 aliphatic rings. The molecule has 3 aromatic heterocycles. The first-order valence-corrected chi connectivity index (χ1v) is 8.73. The number of thiazole rings is 1. The number of aromatic nitrogens is 2. The molecule has 1 fully saturated rings. The van der Waals surface area contributed by atoms with E-state index in [1.807, 2.05) is 12.1 Å². The fourth-order valence-electron chi connectivity index (χ4n) is 3.20. The van der Waals surface area contributed by atoms with E-state index in [0.29, 0.717) is 17.3 Å². The summed E-state index contributed by atoms with van der Waals surface area (Å²) in [4.78, 5) is 18.3. The largest absolute Gasteiger partial charge is 0.468 e. The van der Waals surface area contributed by atoms with Gasteiger partial charge in [-0.1, -0.05) is 11.3 Å². The lowest BCUT2D eigenvalue weighted by molar-refractivity contribution is -0.389. The van der Waals surface area contributed by atoms with Crippen LogP contribution in [0.1, 0.15) is 24.6 Å².